The molecule has 4 rings (SSSR count). The van der Waals surface area contributed by atoms with Gasteiger partial charge in [-0.15, -0.1) is 0 Å². The van der Waals surface area contributed by atoms with E-state index < -0.39 is 29.5 Å². The van der Waals surface area contributed by atoms with Crippen molar-refractivity contribution in [3.63, 3.8) is 0 Å². The lowest BCUT2D eigenvalue weighted by Crippen LogP contribution is -2.40. The van der Waals surface area contributed by atoms with Gasteiger partial charge >= 0.3 is 18.4 Å². The molecule has 1 heterocycles. The molecule has 238 valence electrons. The number of nitrogens with zero attached hydrogens (tertiary/aromatic N) is 1. The minimum atomic E-state index is -4.40. The van der Waals surface area contributed by atoms with E-state index in [1.165, 1.54) is 12.5 Å². The number of carbonyl (C=O) groups is 3. The van der Waals surface area contributed by atoms with Crippen LogP contribution in [0, 0.1) is 5.92 Å². The molecule has 2 aromatic carbocycles. The first-order chi connectivity index (χ1) is 20.1. The summed E-state index contributed by atoms with van der Waals surface area (Å²) in [5.74, 6) is -0.309. The van der Waals surface area contributed by atoms with Crippen LogP contribution in [0.1, 0.15) is 82.6 Å². The molecule has 0 aromatic heterocycles. The Morgan fingerprint density at radius 3 is 2.21 bits per heavy atom. The van der Waals surface area contributed by atoms with Gasteiger partial charge in [0.1, 0.15) is 12.2 Å². The summed E-state index contributed by atoms with van der Waals surface area (Å²) in [6.07, 6.45) is -2.05. The van der Waals surface area contributed by atoms with E-state index in [1.807, 2.05) is 30.3 Å². The number of nitrogens with one attached hydrogen (secondary N) is 1. The molecule has 1 aliphatic heterocycles. The van der Waals surface area contributed by atoms with Crippen molar-refractivity contribution >= 4 is 18.1 Å². The maximum atomic E-state index is 13.0. The molecular weight excluding hydrogens is 563 g/mol. The molecule has 2 atom stereocenters. The predicted octanol–water partition coefficient (Wildman–Crippen LogP) is 6.98. The van der Waals surface area contributed by atoms with Crippen LogP contribution in [0.2, 0.25) is 0 Å². The number of carbonyl (C=O) groups excluding carboxylic acids is 3. The van der Waals surface area contributed by atoms with Crippen molar-refractivity contribution in [3.8, 4) is 0 Å². The van der Waals surface area contributed by atoms with Gasteiger partial charge in [-0.1, -0.05) is 56.7 Å². The second kappa shape index (κ2) is 16.2. The summed E-state index contributed by atoms with van der Waals surface area (Å²) >= 11 is 0. The fraction of sp³-hybridized carbons (Fsp3) is 0.531. The topological polar surface area (TPSA) is 111 Å². The van der Waals surface area contributed by atoms with E-state index in [9.17, 15) is 27.6 Å². The van der Waals surface area contributed by atoms with Crippen LogP contribution in [0.3, 0.4) is 0 Å². The Morgan fingerprint density at radius 2 is 1.65 bits per heavy atom. The molecule has 0 radical (unpaired) electrons. The van der Waals surface area contributed by atoms with Crippen molar-refractivity contribution in [3.05, 3.63) is 70.8 Å². The monoisotopic (exact) mass is 607 g/mol. The molecule has 3 amide bonds. The number of hydrogen-bond acceptors (Lipinski definition) is 5. The summed E-state index contributed by atoms with van der Waals surface area (Å²) in [6, 6.07) is 13.0. The minimum Gasteiger partial charge on any atom is -0.445 e. The van der Waals surface area contributed by atoms with Crippen LogP contribution in [0.25, 0.3) is 0 Å². The number of fused-ring (bicyclic) bond motifs is 1. The van der Waals surface area contributed by atoms with E-state index in [-0.39, 0.29) is 31.0 Å². The van der Waals surface area contributed by atoms with E-state index in [0.717, 1.165) is 23.3 Å². The van der Waals surface area contributed by atoms with Crippen molar-refractivity contribution in [2.45, 2.75) is 97.7 Å². The molecule has 3 N–H and O–H groups in total. The van der Waals surface area contributed by atoms with Gasteiger partial charge in [-0.25, -0.2) is 9.59 Å². The van der Waals surface area contributed by atoms with Crippen LogP contribution >= 0.6 is 0 Å². The Hall–Kier alpha value is -3.76. The Kier molecular flexibility index (Phi) is 13.3. The third kappa shape index (κ3) is 12.6. The number of rotatable bonds is 4. The average molecular weight is 608 g/mol. The number of nitrogens with two attached hydrogens (primary N) is 1. The summed E-state index contributed by atoms with van der Waals surface area (Å²) in [4.78, 5) is 36.7. The SMILES string of the molecule is CC(C)(C)OC(N)=O.CCC.O=C(NC1CCC(C(=O)N2CCc3ccc(C(F)(F)F)cc3C2)C1)OCc1ccccc1. The zero-order chi connectivity index (χ0) is 32.2. The van der Waals surface area contributed by atoms with E-state index in [1.54, 1.807) is 25.7 Å². The fourth-order valence-corrected chi connectivity index (χ4v) is 4.75. The van der Waals surface area contributed by atoms with Crippen molar-refractivity contribution in [1.29, 1.82) is 0 Å². The highest BCUT2D eigenvalue weighted by atomic mass is 19.4. The number of alkyl halides is 3. The van der Waals surface area contributed by atoms with Gasteiger partial charge in [0.2, 0.25) is 5.91 Å². The second-order valence-electron chi connectivity index (χ2n) is 11.6. The largest absolute Gasteiger partial charge is 0.445 e. The van der Waals surface area contributed by atoms with Crippen LogP contribution in [0.15, 0.2) is 48.5 Å². The lowest BCUT2D eigenvalue weighted by molar-refractivity contribution is -0.137. The third-order valence-electron chi connectivity index (χ3n) is 6.58. The third-order valence-corrected chi connectivity index (χ3v) is 6.58. The van der Waals surface area contributed by atoms with Gasteiger partial charge < -0.3 is 25.4 Å². The zero-order valence-electron chi connectivity index (χ0n) is 25.6. The van der Waals surface area contributed by atoms with Gasteiger partial charge in [-0.3, -0.25) is 4.79 Å². The molecule has 8 nitrogen and oxygen atoms in total. The van der Waals surface area contributed by atoms with Crippen LogP contribution in [-0.2, 0) is 40.0 Å². The summed E-state index contributed by atoms with van der Waals surface area (Å²) in [5.41, 5.74) is 5.87. The quantitative estimate of drug-likeness (QED) is 0.390. The van der Waals surface area contributed by atoms with Crippen LogP contribution in [-0.4, -0.2) is 41.2 Å². The highest BCUT2D eigenvalue weighted by Gasteiger charge is 2.36. The van der Waals surface area contributed by atoms with E-state index in [4.69, 9.17) is 10.5 Å². The van der Waals surface area contributed by atoms with Crippen molar-refractivity contribution in [2.24, 2.45) is 11.7 Å². The fourth-order valence-electron chi connectivity index (χ4n) is 4.75. The normalized spacial score (nSPS) is 17.7. The Labute approximate surface area is 252 Å². The number of halogens is 3. The number of primary amides is 1. The smallest absolute Gasteiger partial charge is 0.416 e. The number of amides is 3. The first-order valence-corrected chi connectivity index (χ1v) is 14.6. The average Bonchev–Trinajstić information content (AvgIpc) is 3.38. The van der Waals surface area contributed by atoms with E-state index >= 15 is 0 Å². The number of ether oxygens (including phenoxy) is 2. The summed E-state index contributed by atoms with van der Waals surface area (Å²) in [5, 5.41) is 2.82. The van der Waals surface area contributed by atoms with Crippen molar-refractivity contribution in [1.82, 2.24) is 10.2 Å². The van der Waals surface area contributed by atoms with Crippen molar-refractivity contribution in [2.75, 3.05) is 6.54 Å². The summed E-state index contributed by atoms with van der Waals surface area (Å²) in [6.45, 7) is 10.4. The Bertz CT molecular complexity index is 1200. The predicted molar refractivity (Wildman–Crippen MR) is 158 cm³/mol. The van der Waals surface area contributed by atoms with Gasteiger partial charge in [-0.05, 0) is 75.3 Å². The molecule has 2 unspecified atom stereocenters. The zero-order valence-corrected chi connectivity index (χ0v) is 25.6. The Balaban J connectivity index is 0.000000503. The lowest BCUT2D eigenvalue weighted by atomic mass is 9.95. The van der Waals surface area contributed by atoms with Crippen molar-refractivity contribution < 1.29 is 37.0 Å². The minimum absolute atomic E-state index is 0.0602. The maximum Gasteiger partial charge on any atom is 0.416 e. The first-order valence-electron chi connectivity index (χ1n) is 14.6. The second-order valence-corrected chi connectivity index (χ2v) is 11.6. The summed E-state index contributed by atoms with van der Waals surface area (Å²) in [7, 11) is 0. The van der Waals surface area contributed by atoms with Crippen LogP contribution in [0.5, 0.6) is 0 Å². The molecule has 2 aliphatic rings. The number of alkyl carbamates (subject to hydrolysis) is 1. The molecule has 0 spiro atoms. The van der Waals surface area contributed by atoms with Gasteiger partial charge in [0.25, 0.3) is 0 Å². The molecule has 43 heavy (non-hydrogen) atoms. The molecule has 1 aliphatic carbocycles. The highest BCUT2D eigenvalue weighted by molar-refractivity contribution is 5.80. The van der Waals surface area contributed by atoms with Crippen LogP contribution in [0.4, 0.5) is 22.8 Å². The van der Waals surface area contributed by atoms with Gasteiger partial charge in [0.15, 0.2) is 0 Å². The molecule has 1 saturated carbocycles. The molecule has 2 aromatic rings. The van der Waals surface area contributed by atoms with E-state index in [2.05, 4.69) is 23.9 Å². The maximum absolute atomic E-state index is 13.0. The number of benzene rings is 2. The van der Waals surface area contributed by atoms with Gasteiger partial charge in [-0.2, -0.15) is 13.2 Å². The van der Waals surface area contributed by atoms with Gasteiger partial charge in [0, 0.05) is 25.0 Å². The van der Waals surface area contributed by atoms with Crippen LogP contribution < -0.4 is 11.1 Å². The Morgan fingerprint density at radius 1 is 1.00 bits per heavy atom. The lowest BCUT2D eigenvalue weighted by Gasteiger charge is -2.31. The molecule has 1 fully saturated rings. The number of hydrogen-bond donors (Lipinski definition) is 2. The van der Waals surface area contributed by atoms with E-state index in [0.29, 0.717) is 37.8 Å². The summed E-state index contributed by atoms with van der Waals surface area (Å²) < 4.78 is 48.9. The first kappa shape index (κ1) is 35.4. The highest BCUT2D eigenvalue weighted by Crippen LogP contribution is 2.33. The van der Waals surface area contributed by atoms with Gasteiger partial charge in [0.05, 0.1) is 5.56 Å². The molecule has 11 heteroatoms. The molecule has 0 bridgehead atoms. The molecular formula is C32H44F3N3O5. The standard InChI is InChI=1S/C24H25F3N2O3.C5H11NO2.C3H8/c25-24(26,27)20-8-6-17-10-11-29(14-19(17)12-20)22(30)18-7-9-21(13-18)28-23(31)32-15-16-4-2-1-3-5-16;1-5(2,3)8-4(6)7;1-3-2/h1-6,8,12,18,21H,7,9-11,13-15H2,(H,28,31);1-3H3,(H2,6,7);3H2,1-2H3. The molecule has 0 saturated heterocycles.